The van der Waals surface area contributed by atoms with E-state index in [2.05, 4.69) is 19.1 Å². The molecule has 0 aliphatic rings. The van der Waals surface area contributed by atoms with Crippen molar-refractivity contribution >= 4 is 11.6 Å². The second kappa shape index (κ2) is 6.89. The SMILES string of the molecule is COCCC(C)C(CN)c1ccc(Cl)cc1. The Kier molecular flexibility index (Phi) is 5.81. The Labute approximate surface area is 103 Å². The van der Waals surface area contributed by atoms with Crippen molar-refractivity contribution in [1.82, 2.24) is 0 Å². The van der Waals surface area contributed by atoms with Crippen LogP contribution in [-0.4, -0.2) is 20.3 Å². The molecule has 0 spiro atoms. The molecule has 2 nitrogen and oxygen atoms in total. The van der Waals surface area contributed by atoms with Crippen LogP contribution >= 0.6 is 11.6 Å². The molecule has 1 aromatic carbocycles. The number of methoxy groups -OCH3 is 1. The first-order chi connectivity index (χ1) is 7.69. The van der Waals surface area contributed by atoms with E-state index in [-0.39, 0.29) is 0 Å². The van der Waals surface area contributed by atoms with E-state index in [1.54, 1.807) is 7.11 Å². The van der Waals surface area contributed by atoms with Gasteiger partial charge in [0.05, 0.1) is 0 Å². The first-order valence-corrected chi connectivity index (χ1v) is 6.01. The molecule has 0 heterocycles. The molecule has 0 fully saturated rings. The van der Waals surface area contributed by atoms with E-state index in [0.29, 0.717) is 18.4 Å². The van der Waals surface area contributed by atoms with Gasteiger partial charge in [-0.15, -0.1) is 0 Å². The zero-order valence-corrected chi connectivity index (χ0v) is 10.7. The first-order valence-electron chi connectivity index (χ1n) is 5.63. The summed E-state index contributed by atoms with van der Waals surface area (Å²) in [6, 6.07) is 7.96. The molecule has 0 saturated carbocycles. The lowest BCUT2D eigenvalue weighted by molar-refractivity contribution is 0.174. The van der Waals surface area contributed by atoms with Gasteiger partial charge in [0.15, 0.2) is 0 Å². The zero-order chi connectivity index (χ0) is 12.0. The van der Waals surface area contributed by atoms with Crippen LogP contribution in [0.2, 0.25) is 5.02 Å². The quantitative estimate of drug-likeness (QED) is 0.831. The number of hydrogen-bond acceptors (Lipinski definition) is 2. The molecule has 0 radical (unpaired) electrons. The van der Waals surface area contributed by atoms with Crippen LogP contribution in [0.5, 0.6) is 0 Å². The van der Waals surface area contributed by atoms with Crippen molar-refractivity contribution in [2.45, 2.75) is 19.3 Å². The third-order valence-electron chi connectivity index (χ3n) is 3.02. The van der Waals surface area contributed by atoms with Crippen LogP contribution in [-0.2, 0) is 4.74 Å². The van der Waals surface area contributed by atoms with Crippen molar-refractivity contribution in [2.24, 2.45) is 11.7 Å². The zero-order valence-electron chi connectivity index (χ0n) is 9.95. The Morgan fingerprint density at radius 1 is 1.31 bits per heavy atom. The van der Waals surface area contributed by atoms with Gasteiger partial charge in [-0.1, -0.05) is 30.7 Å². The van der Waals surface area contributed by atoms with Gasteiger partial charge in [-0.2, -0.15) is 0 Å². The molecule has 1 aromatic rings. The third kappa shape index (κ3) is 3.78. The average Bonchev–Trinajstić information content (AvgIpc) is 2.30. The van der Waals surface area contributed by atoms with E-state index in [4.69, 9.17) is 22.1 Å². The topological polar surface area (TPSA) is 35.2 Å². The van der Waals surface area contributed by atoms with Crippen LogP contribution in [0.25, 0.3) is 0 Å². The van der Waals surface area contributed by atoms with Gasteiger partial charge in [-0.3, -0.25) is 0 Å². The Morgan fingerprint density at radius 3 is 2.44 bits per heavy atom. The molecule has 1 rings (SSSR count). The van der Waals surface area contributed by atoms with Crippen molar-refractivity contribution in [3.8, 4) is 0 Å². The van der Waals surface area contributed by atoms with Crippen molar-refractivity contribution in [3.05, 3.63) is 34.9 Å². The van der Waals surface area contributed by atoms with E-state index >= 15 is 0 Å². The highest BCUT2D eigenvalue weighted by atomic mass is 35.5. The lowest BCUT2D eigenvalue weighted by Gasteiger charge is -2.22. The van der Waals surface area contributed by atoms with E-state index in [1.165, 1.54) is 5.56 Å². The molecule has 2 N–H and O–H groups in total. The molecule has 0 aliphatic carbocycles. The van der Waals surface area contributed by atoms with Crippen molar-refractivity contribution < 1.29 is 4.74 Å². The van der Waals surface area contributed by atoms with Crippen LogP contribution in [0.3, 0.4) is 0 Å². The number of nitrogens with two attached hydrogens (primary N) is 1. The summed E-state index contributed by atoms with van der Waals surface area (Å²) in [7, 11) is 1.73. The molecule has 0 aliphatic heterocycles. The molecule has 90 valence electrons. The summed E-state index contributed by atoms with van der Waals surface area (Å²) in [6.07, 6.45) is 1.03. The number of ether oxygens (including phenoxy) is 1. The second-order valence-corrected chi connectivity index (χ2v) is 4.59. The van der Waals surface area contributed by atoms with Crippen LogP contribution in [0.4, 0.5) is 0 Å². The van der Waals surface area contributed by atoms with E-state index in [9.17, 15) is 0 Å². The number of hydrogen-bond donors (Lipinski definition) is 1. The number of benzene rings is 1. The summed E-state index contributed by atoms with van der Waals surface area (Å²) in [4.78, 5) is 0. The van der Waals surface area contributed by atoms with Gasteiger partial charge in [-0.25, -0.2) is 0 Å². The van der Waals surface area contributed by atoms with Crippen molar-refractivity contribution in [1.29, 1.82) is 0 Å². The Bertz CT molecular complexity index is 299. The Balaban J connectivity index is 2.69. The Morgan fingerprint density at radius 2 is 1.94 bits per heavy atom. The van der Waals surface area contributed by atoms with Gasteiger partial charge < -0.3 is 10.5 Å². The molecular weight excluding hydrogens is 222 g/mol. The molecular formula is C13H20ClNO. The van der Waals surface area contributed by atoms with E-state index in [1.807, 2.05) is 12.1 Å². The smallest absolute Gasteiger partial charge is 0.0465 e. The fourth-order valence-corrected chi connectivity index (χ4v) is 2.04. The summed E-state index contributed by atoms with van der Waals surface area (Å²) in [5.41, 5.74) is 7.10. The Hall–Kier alpha value is -0.570. The second-order valence-electron chi connectivity index (χ2n) is 4.15. The highest BCUT2D eigenvalue weighted by Gasteiger charge is 2.17. The van der Waals surface area contributed by atoms with Crippen LogP contribution < -0.4 is 5.73 Å². The monoisotopic (exact) mass is 241 g/mol. The maximum absolute atomic E-state index is 5.87. The normalized spacial score (nSPS) is 14.8. The maximum Gasteiger partial charge on any atom is 0.0465 e. The van der Waals surface area contributed by atoms with Gasteiger partial charge in [0.25, 0.3) is 0 Å². The summed E-state index contributed by atoms with van der Waals surface area (Å²) >= 11 is 5.87. The predicted molar refractivity (Wildman–Crippen MR) is 68.9 cm³/mol. The van der Waals surface area contributed by atoms with Crippen LogP contribution in [0.15, 0.2) is 24.3 Å². The van der Waals surface area contributed by atoms with Gasteiger partial charge >= 0.3 is 0 Å². The summed E-state index contributed by atoms with van der Waals surface area (Å²) < 4.78 is 5.10. The molecule has 0 amide bonds. The minimum Gasteiger partial charge on any atom is -0.385 e. The molecule has 2 atom stereocenters. The fraction of sp³-hybridized carbons (Fsp3) is 0.538. The summed E-state index contributed by atoms with van der Waals surface area (Å²) in [6.45, 7) is 3.66. The van der Waals surface area contributed by atoms with Gasteiger partial charge in [-0.05, 0) is 42.5 Å². The van der Waals surface area contributed by atoms with Gasteiger partial charge in [0.2, 0.25) is 0 Å². The molecule has 3 heteroatoms. The van der Waals surface area contributed by atoms with Crippen molar-refractivity contribution in [2.75, 3.05) is 20.3 Å². The predicted octanol–water partition coefficient (Wildman–Crippen LogP) is 3.05. The summed E-state index contributed by atoms with van der Waals surface area (Å²) in [5, 5.41) is 0.768. The minimum absolute atomic E-state index is 0.382. The molecule has 2 unspecified atom stereocenters. The molecule has 16 heavy (non-hydrogen) atoms. The van der Waals surface area contributed by atoms with E-state index < -0.39 is 0 Å². The molecule has 0 bridgehead atoms. The largest absolute Gasteiger partial charge is 0.385 e. The lowest BCUT2D eigenvalue weighted by atomic mass is 9.85. The molecule has 0 aromatic heterocycles. The van der Waals surface area contributed by atoms with Crippen LogP contribution in [0, 0.1) is 5.92 Å². The maximum atomic E-state index is 5.87. The average molecular weight is 242 g/mol. The fourth-order valence-electron chi connectivity index (χ4n) is 1.91. The van der Waals surface area contributed by atoms with Gasteiger partial charge in [0.1, 0.15) is 0 Å². The van der Waals surface area contributed by atoms with E-state index in [0.717, 1.165) is 18.1 Å². The number of halogens is 1. The van der Waals surface area contributed by atoms with Gasteiger partial charge in [0, 0.05) is 18.7 Å². The minimum atomic E-state index is 0.382. The standard InChI is InChI=1S/C13H20ClNO/c1-10(7-8-16-2)13(9-15)11-3-5-12(14)6-4-11/h3-6,10,13H,7-9,15H2,1-2H3. The lowest BCUT2D eigenvalue weighted by Crippen LogP contribution is -2.20. The highest BCUT2D eigenvalue weighted by Crippen LogP contribution is 2.27. The molecule has 0 saturated heterocycles. The summed E-state index contributed by atoms with van der Waals surface area (Å²) in [5.74, 6) is 0.901. The highest BCUT2D eigenvalue weighted by molar-refractivity contribution is 6.30. The first kappa shape index (κ1) is 13.5. The number of rotatable bonds is 6. The van der Waals surface area contributed by atoms with Crippen LogP contribution in [0.1, 0.15) is 24.8 Å². The van der Waals surface area contributed by atoms with Crippen molar-refractivity contribution in [3.63, 3.8) is 0 Å². The third-order valence-corrected chi connectivity index (χ3v) is 3.27.